The normalized spacial score (nSPS) is 24.6. The minimum absolute atomic E-state index is 0.00553. The molecule has 1 aromatic carbocycles. The topological polar surface area (TPSA) is 84.3 Å². The molecule has 39 heavy (non-hydrogen) atoms. The number of carbonyl (C=O) groups is 2. The number of rotatable bonds is 6. The van der Waals surface area contributed by atoms with E-state index in [4.69, 9.17) is 0 Å². The molecule has 2 aliphatic heterocycles. The van der Waals surface area contributed by atoms with Crippen molar-refractivity contribution in [2.45, 2.75) is 76.0 Å². The number of β-amino-alcohol motifs (C(OH)–C–C–N with tert-alkyl or cyclic N) is 1. The molecule has 2 unspecified atom stereocenters. The van der Waals surface area contributed by atoms with Crippen LogP contribution in [0.4, 0.5) is 32.0 Å². The zero-order valence-electron chi connectivity index (χ0n) is 21.6. The number of piperidine rings is 1. The first-order valence-electron chi connectivity index (χ1n) is 13.1. The lowest BCUT2D eigenvalue weighted by Crippen LogP contribution is -2.49. The monoisotopic (exact) mass is 565 g/mol. The van der Waals surface area contributed by atoms with Crippen LogP contribution in [-0.4, -0.2) is 82.8 Å². The standard InChI is InChI=1S/C26H33F6N3O4/c1-16-13-35(18(15-36)3-5-22(38)33-11-9-24(7-8-24)21(37)14-33)23(39)6-10-34(16)17-2-4-19(25(27,28)29)20(12-17)26(30,31)32/h2,4,12,16,18,21,36-37H,3,5-11,13-15H2,1H3/t16?,18-,21?/m0/s1. The molecule has 7 nitrogen and oxygen atoms in total. The Balaban J connectivity index is 1.44. The van der Waals surface area contributed by atoms with Crippen LogP contribution in [0.25, 0.3) is 0 Å². The molecule has 2 amide bonds. The predicted octanol–water partition coefficient (Wildman–Crippen LogP) is 3.67. The Bertz CT molecular complexity index is 1070. The molecule has 1 aromatic rings. The fourth-order valence-corrected chi connectivity index (χ4v) is 5.78. The number of aliphatic hydroxyl groups is 2. The zero-order chi connectivity index (χ0) is 28.8. The number of nitrogens with zero attached hydrogens (tertiary/aromatic N) is 3. The molecule has 218 valence electrons. The number of hydrogen-bond donors (Lipinski definition) is 2. The molecule has 2 N–H and O–H groups in total. The molecular weight excluding hydrogens is 532 g/mol. The van der Waals surface area contributed by atoms with Gasteiger partial charge in [-0.15, -0.1) is 0 Å². The first-order valence-corrected chi connectivity index (χ1v) is 13.1. The Morgan fingerprint density at radius 3 is 2.28 bits per heavy atom. The van der Waals surface area contributed by atoms with E-state index in [0.717, 1.165) is 25.3 Å². The molecule has 0 radical (unpaired) electrons. The van der Waals surface area contributed by atoms with Gasteiger partial charge in [0.25, 0.3) is 0 Å². The van der Waals surface area contributed by atoms with E-state index in [1.54, 1.807) is 11.8 Å². The van der Waals surface area contributed by atoms with Crippen molar-refractivity contribution in [2.75, 3.05) is 37.7 Å². The highest BCUT2D eigenvalue weighted by Crippen LogP contribution is 2.53. The molecule has 1 aliphatic carbocycles. The van der Waals surface area contributed by atoms with Crippen LogP contribution in [0.5, 0.6) is 0 Å². The van der Waals surface area contributed by atoms with E-state index in [1.807, 2.05) is 0 Å². The smallest absolute Gasteiger partial charge is 0.394 e. The molecule has 3 fully saturated rings. The van der Waals surface area contributed by atoms with Crippen molar-refractivity contribution in [3.8, 4) is 0 Å². The van der Waals surface area contributed by atoms with Gasteiger partial charge in [0.15, 0.2) is 0 Å². The van der Waals surface area contributed by atoms with E-state index in [2.05, 4.69) is 0 Å². The Hall–Kier alpha value is -2.54. The summed E-state index contributed by atoms with van der Waals surface area (Å²) >= 11 is 0. The summed E-state index contributed by atoms with van der Waals surface area (Å²) in [6, 6.07) is 0.536. The number of halogens is 6. The fraction of sp³-hybridized carbons (Fsp3) is 0.692. The van der Waals surface area contributed by atoms with Crippen molar-refractivity contribution >= 4 is 17.5 Å². The van der Waals surface area contributed by atoms with Crippen LogP contribution in [0.2, 0.25) is 0 Å². The number of aliphatic hydroxyl groups excluding tert-OH is 2. The lowest BCUT2D eigenvalue weighted by molar-refractivity contribution is -0.162. The number of benzene rings is 1. The van der Waals surface area contributed by atoms with E-state index in [-0.39, 0.29) is 61.8 Å². The molecular formula is C26H33F6N3O4. The highest BCUT2D eigenvalue weighted by Gasteiger charge is 2.51. The van der Waals surface area contributed by atoms with Crippen LogP contribution in [0.15, 0.2) is 18.2 Å². The Kier molecular flexibility index (Phi) is 8.15. The first-order chi connectivity index (χ1) is 18.2. The molecule has 1 saturated carbocycles. The van der Waals surface area contributed by atoms with E-state index in [9.17, 15) is 46.1 Å². The van der Waals surface area contributed by atoms with Gasteiger partial charge in [0.1, 0.15) is 0 Å². The summed E-state index contributed by atoms with van der Waals surface area (Å²) in [5.41, 5.74) is -3.73. The summed E-state index contributed by atoms with van der Waals surface area (Å²) in [5.74, 6) is -0.563. The Labute approximate surface area is 222 Å². The quantitative estimate of drug-likeness (QED) is 0.515. The highest BCUT2D eigenvalue weighted by molar-refractivity contribution is 5.79. The van der Waals surface area contributed by atoms with Gasteiger partial charge in [-0.2, -0.15) is 26.3 Å². The summed E-state index contributed by atoms with van der Waals surface area (Å²) in [5, 5.41) is 20.4. The molecule has 3 atom stereocenters. The van der Waals surface area contributed by atoms with Gasteiger partial charge in [-0.05, 0) is 56.2 Å². The number of alkyl halides is 6. The number of anilines is 1. The Morgan fingerprint density at radius 1 is 1.05 bits per heavy atom. The van der Waals surface area contributed by atoms with Gasteiger partial charge < -0.3 is 24.9 Å². The molecule has 0 bridgehead atoms. The van der Waals surface area contributed by atoms with E-state index >= 15 is 0 Å². The van der Waals surface area contributed by atoms with E-state index in [0.29, 0.717) is 18.7 Å². The van der Waals surface area contributed by atoms with Crippen molar-refractivity contribution in [3.05, 3.63) is 29.3 Å². The Morgan fingerprint density at radius 2 is 1.72 bits per heavy atom. The SMILES string of the molecule is CC1CN([C@H](CO)CCC(=O)N2CCC3(CC3)C(O)C2)C(=O)CCN1c1ccc(C(F)(F)F)c(C(F)(F)F)c1. The molecule has 0 aromatic heterocycles. The molecule has 2 heterocycles. The average Bonchev–Trinajstić information content (AvgIpc) is 3.65. The van der Waals surface area contributed by atoms with Gasteiger partial charge in [-0.3, -0.25) is 9.59 Å². The molecule has 1 spiro atoms. The number of carbonyl (C=O) groups excluding carboxylic acids is 2. The van der Waals surface area contributed by atoms with Gasteiger partial charge >= 0.3 is 12.4 Å². The summed E-state index contributed by atoms with van der Waals surface area (Å²) in [6.45, 7) is 1.98. The van der Waals surface area contributed by atoms with Crippen LogP contribution in [-0.2, 0) is 21.9 Å². The molecule has 2 saturated heterocycles. The van der Waals surface area contributed by atoms with Gasteiger partial charge in [0, 0.05) is 50.7 Å². The highest BCUT2D eigenvalue weighted by atomic mass is 19.4. The first kappa shape index (κ1) is 29.4. The van der Waals surface area contributed by atoms with E-state index in [1.165, 1.54) is 9.80 Å². The third kappa shape index (κ3) is 6.29. The van der Waals surface area contributed by atoms with Crippen LogP contribution in [0, 0.1) is 5.41 Å². The summed E-state index contributed by atoms with van der Waals surface area (Å²) < 4.78 is 80.0. The second-order valence-corrected chi connectivity index (χ2v) is 10.9. The van der Waals surface area contributed by atoms with Crippen LogP contribution in [0.3, 0.4) is 0 Å². The van der Waals surface area contributed by atoms with Gasteiger partial charge in [0.2, 0.25) is 11.8 Å². The number of amides is 2. The minimum atomic E-state index is -5.23. The van der Waals surface area contributed by atoms with Crippen LogP contribution < -0.4 is 4.90 Å². The summed E-state index contributed by atoms with van der Waals surface area (Å²) in [6.07, 6.45) is -8.25. The van der Waals surface area contributed by atoms with Crippen LogP contribution >= 0.6 is 0 Å². The number of hydrogen-bond acceptors (Lipinski definition) is 5. The molecule has 4 rings (SSSR count). The second kappa shape index (κ2) is 10.8. The van der Waals surface area contributed by atoms with Gasteiger partial charge in [0.05, 0.1) is 29.9 Å². The van der Waals surface area contributed by atoms with Crippen molar-refractivity contribution < 1.29 is 46.1 Å². The maximum absolute atomic E-state index is 13.5. The maximum Gasteiger partial charge on any atom is 0.417 e. The largest absolute Gasteiger partial charge is 0.417 e. The van der Waals surface area contributed by atoms with Crippen molar-refractivity contribution in [2.24, 2.45) is 5.41 Å². The maximum atomic E-state index is 13.5. The van der Waals surface area contributed by atoms with Gasteiger partial charge in [-0.1, -0.05) is 0 Å². The van der Waals surface area contributed by atoms with Crippen LogP contribution in [0.1, 0.15) is 56.6 Å². The summed E-state index contributed by atoms with van der Waals surface area (Å²) in [7, 11) is 0. The molecule has 13 heteroatoms. The van der Waals surface area contributed by atoms with Gasteiger partial charge in [-0.25, -0.2) is 0 Å². The number of likely N-dealkylation sites (tertiary alicyclic amines) is 1. The third-order valence-corrected chi connectivity index (χ3v) is 8.39. The summed E-state index contributed by atoms with van der Waals surface area (Å²) in [4.78, 5) is 30.2. The van der Waals surface area contributed by atoms with E-state index < -0.39 is 48.3 Å². The second-order valence-electron chi connectivity index (χ2n) is 10.9. The lowest BCUT2D eigenvalue weighted by atomic mass is 9.90. The minimum Gasteiger partial charge on any atom is -0.394 e. The predicted molar refractivity (Wildman–Crippen MR) is 129 cm³/mol. The van der Waals surface area contributed by atoms with Crippen molar-refractivity contribution in [1.82, 2.24) is 9.80 Å². The zero-order valence-corrected chi connectivity index (χ0v) is 21.6. The third-order valence-electron chi connectivity index (χ3n) is 8.39. The molecule has 3 aliphatic rings. The fourth-order valence-electron chi connectivity index (χ4n) is 5.78. The average molecular weight is 566 g/mol. The van der Waals surface area contributed by atoms with Crippen molar-refractivity contribution in [1.29, 1.82) is 0 Å². The lowest BCUT2D eigenvalue weighted by Gasteiger charge is -2.37. The van der Waals surface area contributed by atoms with Crippen molar-refractivity contribution in [3.63, 3.8) is 0 Å².